The number of carbonyl (C=O) groups is 1. The van der Waals surface area contributed by atoms with Crippen LogP contribution < -0.4 is 4.90 Å². The lowest BCUT2D eigenvalue weighted by Crippen LogP contribution is -2.27. The topological polar surface area (TPSA) is 20.3 Å². The summed E-state index contributed by atoms with van der Waals surface area (Å²) in [7, 11) is 0. The third kappa shape index (κ3) is 2.85. The minimum Gasteiger partial charge on any atom is -0.268 e. The predicted octanol–water partition coefficient (Wildman–Crippen LogP) is 4.71. The summed E-state index contributed by atoms with van der Waals surface area (Å²) < 4.78 is 0.576. The first-order valence-electron chi connectivity index (χ1n) is 6.96. The monoisotopic (exact) mass is 325 g/mol. The third-order valence-corrected chi connectivity index (χ3v) is 4.82. The molecular formula is C18H15NOS2. The summed E-state index contributed by atoms with van der Waals surface area (Å²) in [6.07, 6.45) is 1.93. The van der Waals surface area contributed by atoms with Crippen molar-refractivity contribution in [3.8, 4) is 0 Å². The van der Waals surface area contributed by atoms with Crippen molar-refractivity contribution in [3.05, 3.63) is 70.1 Å². The van der Waals surface area contributed by atoms with E-state index in [0.717, 1.165) is 16.8 Å². The highest BCUT2D eigenvalue weighted by Gasteiger charge is 2.33. The second-order valence-electron chi connectivity index (χ2n) is 5.21. The minimum atomic E-state index is -0.0545. The van der Waals surface area contributed by atoms with Crippen LogP contribution in [-0.2, 0) is 4.79 Å². The molecule has 0 spiro atoms. The average Bonchev–Trinajstić information content (AvgIpc) is 2.77. The SMILES string of the molecule is Cc1ccc(C=C2SC(=S)N(c3ccccc3)C2=O)c(C)c1. The first-order valence-corrected chi connectivity index (χ1v) is 8.19. The molecule has 1 heterocycles. The van der Waals surface area contributed by atoms with Gasteiger partial charge in [-0.05, 0) is 43.2 Å². The number of anilines is 1. The average molecular weight is 325 g/mol. The summed E-state index contributed by atoms with van der Waals surface area (Å²) in [5.74, 6) is -0.0545. The number of thiocarbonyl (C=S) groups is 1. The maximum absolute atomic E-state index is 12.6. The van der Waals surface area contributed by atoms with Gasteiger partial charge in [-0.2, -0.15) is 0 Å². The largest absolute Gasteiger partial charge is 0.270 e. The molecule has 0 radical (unpaired) electrons. The Balaban J connectivity index is 1.96. The Morgan fingerprint density at radius 2 is 1.82 bits per heavy atom. The van der Waals surface area contributed by atoms with Gasteiger partial charge in [-0.3, -0.25) is 9.69 Å². The Morgan fingerprint density at radius 3 is 2.50 bits per heavy atom. The fraction of sp³-hybridized carbons (Fsp3) is 0.111. The van der Waals surface area contributed by atoms with Crippen LogP contribution in [-0.4, -0.2) is 10.2 Å². The van der Waals surface area contributed by atoms with Gasteiger partial charge in [0, 0.05) is 0 Å². The number of hydrogen-bond acceptors (Lipinski definition) is 3. The van der Waals surface area contributed by atoms with E-state index in [1.54, 1.807) is 4.90 Å². The van der Waals surface area contributed by atoms with Gasteiger partial charge in [0.25, 0.3) is 5.91 Å². The van der Waals surface area contributed by atoms with Crippen LogP contribution in [0.25, 0.3) is 6.08 Å². The molecule has 1 saturated heterocycles. The van der Waals surface area contributed by atoms with Gasteiger partial charge in [-0.25, -0.2) is 0 Å². The Kier molecular flexibility index (Phi) is 4.14. The van der Waals surface area contributed by atoms with Crippen molar-refractivity contribution in [3.63, 3.8) is 0 Å². The number of rotatable bonds is 2. The molecule has 3 rings (SSSR count). The van der Waals surface area contributed by atoms with E-state index in [4.69, 9.17) is 12.2 Å². The fourth-order valence-electron chi connectivity index (χ4n) is 2.40. The van der Waals surface area contributed by atoms with Gasteiger partial charge in [-0.1, -0.05) is 65.9 Å². The summed E-state index contributed by atoms with van der Waals surface area (Å²) >= 11 is 6.73. The van der Waals surface area contributed by atoms with Gasteiger partial charge < -0.3 is 0 Å². The fourth-order valence-corrected chi connectivity index (χ4v) is 3.69. The first kappa shape index (κ1) is 15.0. The Hall–Kier alpha value is -1.91. The van der Waals surface area contributed by atoms with Gasteiger partial charge in [0.2, 0.25) is 0 Å². The van der Waals surface area contributed by atoms with Crippen molar-refractivity contribution in [2.75, 3.05) is 4.90 Å². The molecule has 2 aromatic carbocycles. The van der Waals surface area contributed by atoms with Gasteiger partial charge in [0.15, 0.2) is 4.32 Å². The third-order valence-electron chi connectivity index (χ3n) is 3.52. The van der Waals surface area contributed by atoms with E-state index in [1.165, 1.54) is 17.3 Å². The smallest absolute Gasteiger partial charge is 0.268 e. The lowest BCUT2D eigenvalue weighted by Gasteiger charge is -2.13. The number of aryl methyl sites for hydroxylation is 2. The zero-order valence-corrected chi connectivity index (χ0v) is 14.0. The van der Waals surface area contributed by atoms with E-state index >= 15 is 0 Å². The van der Waals surface area contributed by atoms with E-state index in [-0.39, 0.29) is 5.91 Å². The number of para-hydroxylation sites is 1. The van der Waals surface area contributed by atoms with E-state index < -0.39 is 0 Å². The second-order valence-corrected chi connectivity index (χ2v) is 6.89. The molecule has 2 aromatic rings. The van der Waals surface area contributed by atoms with Crippen LogP contribution in [0.3, 0.4) is 0 Å². The molecule has 0 aromatic heterocycles. The molecule has 0 N–H and O–H groups in total. The van der Waals surface area contributed by atoms with Crippen LogP contribution in [0.2, 0.25) is 0 Å². The quantitative estimate of drug-likeness (QED) is 0.589. The number of thioether (sulfide) groups is 1. The molecule has 1 fully saturated rings. The lowest BCUT2D eigenvalue weighted by atomic mass is 10.1. The van der Waals surface area contributed by atoms with E-state index in [2.05, 4.69) is 26.0 Å². The number of nitrogens with zero attached hydrogens (tertiary/aromatic N) is 1. The summed E-state index contributed by atoms with van der Waals surface area (Å²) in [6.45, 7) is 4.11. The highest BCUT2D eigenvalue weighted by molar-refractivity contribution is 8.27. The van der Waals surface area contributed by atoms with Crippen molar-refractivity contribution in [1.29, 1.82) is 0 Å². The zero-order valence-electron chi connectivity index (χ0n) is 12.4. The first-order chi connectivity index (χ1) is 10.6. The van der Waals surface area contributed by atoms with Gasteiger partial charge in [0.1, 0.15) is 0 Å². The minimum absolute atomic E-state index is 0.0545. The van der Waals surface area contributed by atoms with Crippen molar-refractivity contribution in [2.24, 2.45) is 0 Å². The highest BCUT2D eigenvalue weighted by Crippen LogP contribution is 2.36. The maximum Gasteiger partial charge on any atom is 0.270 e. The molecule has 2 nitrogen and oxygen atoms in total. The predicted molar refractivity (Wildman–Crippen MR) is 98.0 cm³/mol. The highest BCUT2D eigenvalue weighted by atomic mass is 32.2. The van der Waals surface area contributed by atoms with Crippen molar-refractivity contribution in [1.82, 2.24) is 0 Å². The van der Waals surface area contributed by atoms with Gasteiger partial charge >= 0.3 is 0 Å². The molecular weight excluding hydrogens is 310 g/mol. The number of benzene rings is 2. The molecule has 0 aliphatic carbocycles. The molecule has 4 heteroatoms. The molecule has 0 bridgehead atoms. The molecule has 22 heavy (non-hydrogen) atoms. The Bertz CT molecular complexity index is 781. The van der Waals surface area contributed by atoms with Crippen molar-refractivity contribution in [2.45, 2.75) is 13.8 Å². The lowest BCUT2D eigenvalue weighted by molar-refractivity contribution is -0.113. The molecule has 0 saturated carbocycles. The molecule has 0 unspecified atom stereocenters. The van der Waals surface area contributed by atoms with Crippen molar-refractivity contribution >= 4 is 46.0 Å². The summed E-state index contributed by atoms with van der Waals surface area (Å²) in [6, 6.07) is 15.7. The number of hydrogen-bond donors (Lipinski definition) is 0. The standard InChI is InChI=1S/C18H15NOS2/c1-12-8-9-14(13(2)10-12)11-16-17(20)19(18(21)22-16)15-6-4-3-5-7-15/h3-11H,1-2H3. The van der Waals surface area contributed by atoms with Crippen LogP contribution in [0.5, 0.6) is 0 Å². The molecule has 1 aliphatic rings. The van der Waals surface area contributed by atoms with Gasteiger partial charge in [0.05, 0.1) is 10.6 Å². The van der Waals surface area contributed by atoms with E-state index in [9.17, 15) is 4.79 Å². The summed E-state index contributed by atoms with van der Waals surface area (Å²) in [5, 5.41) is 0. The Morgan fingerprint density at radius 1 is 1.09 bits per heavy atom. The Labute approximate surface area is 139 Å². The van der Waals surface area contributed by atoms with Crippen molar-refractivity contribution < 1.29 is 4.79 Å². The van der Waals surface area contributed by atoms with Crippen LogP contribution in [0.1, 0.15) is 16.7 Å². The zero-order chi connectivity index (χ0) is 15.7. The summed E-state index contributed by atoms with van der Waals surface area (Å²) in [4.78, 5) is 14.9. The van der Waals surface area contributed by atoms with Gasteiger partial charge in [-0.15, -0.1) is 0 Å². The molecule has 0 atom stereocenters. The second kappa shape index (κ2) is 6.07. The van der Waals surface area contributed by atoms with E-state index in [1.807, 2.05) is 42.5 Å². The maximum atomic E-state index is 12.6. The number of carbonyl (C=O) groups excluding carboxylic acids is 1. The molecule has 1 amide bonds. The van der Waals surface area contributed by atoms with Crippen LogP contribution in [0, 0.1) is 13.8 Å². The van der Waals surface area contributed by atoms with Crippen LogP contribution in [0.4, 0.5) is 5.69 Å². The molecule has 110 valence electrons. The molecule has 1 aliphatic heterocycles. The normalized spacial score (nSPS) is 16.6. The summed E-state index contributed by atoms with van der Waals surface area (Å²) in [5.41, 5.74) is 4.24. The number of amides is 1. The van der Waals surface area contributed by atoms with Crippen LogP contribution in [0.15, 0.2) is 53.4 Å². The van der Waals surface area contributed by atoms with Crippen LogP contribution >= 0.6 is 24.0 Å². The van der Waals surface area contributed by atoms with E-state index in [0.29, 0.717) is 9.23 Å².